The quantitative estimate of drug-likeness (QED) is 0.877. The number of aryl methyl sites for hydroxylation is 2. The van der Waals surface area contributed by atoms with Crippen LogP contribution < -0.4 is 5.73 Å². The summed E-state index contributed by atoms with van der Waals surface area (Å²) >= 11 is 0. The number of nitrogens with two attached hydrogens (primary N) is 1. The van der Waals surface area contributed by atoms with Gasteiger partial charge in [0, 0.05) is 18.2 Å². The molecule has 1 saturated heterocycles. The maximum absolute atomic E-state index is 13.9. The smallest absolute Gasteiger partial charge is 0.128 e. The van der Waals surface area contributed by atoms with E-state index in [9.17, 15) is 4.39 Å². The zero-order valence-corrected chi connectivity index (χ0v) is 10.5. The first-order chi connectivity index (χ1) is 8.08. The molecule has 17 heavy (non-hydrogen) atoms. The van der Waals surface area contributed by atoms with E-state index in [0.717, 1.165) is 30.6 Å². The zero-order chi connectivity index (χ0) is 12.4. The lowest BCUT2D eigenvalue weighted by Crippen LogP contribution is -2.20. The normalized spacial score (nSPS) is 21.8. The van der Waals surface area contributed by atoms with Crippen molar-refractivity contribution in [2.75, 3.05) is 6.61 Å². The summed E-state index contributed by atoms with van der Waals surface area (Å²) in [6.07, 6.45) is 3.04. The van der Waals surface area contributed by atoms with Crippen LogP contribution in [0.1, 0.15) is 42.0 Å². The van der Waals surface area contributed by atoms with E-state index < -0.39 is 0 Å². The standard InChI is InChI=1S/C14H20FNO/c1-9-6-10(2)14(12(15)7-9)13(16)8-11-4-3-5-17-11/h6-7,11,13H,3-5,8,16H2,1-2H3. The molecule has 0 aromatic heterocycles. The molecule has 2 atom stereocenters. The number of benzene rings is 1. The summed E-state index contributed by atoms with van der Waals surface area (Å²) in [5.74, 6) is -0.187. The van der Waals surface area contributed by atoms with Crippen LogP contribution in [0.25, 0.3) is 0 Å². The fourth-order valence-electron chi connectivity index (χ4n) is 2.63. The summed E-state index contributed by atoms with van der Waals surface area (Å²) in [6.45, 7) is 4.62. The van der Waals surface area contributed by atoms with Crippen molar-refractivity contribution in [2.24, 2.45) is 5.73 Å². The Balaban J connectivity index is 2.15. The molecule has 2 nitrogen and oxygen atoms in total. The van der Waals surface area contributed by atoms with Crippen molar-refractivity contribution in [1.82, 2.24) is 0 Å². The van der Waals surface area contributed by atoms with Crippen LogP contribution in [-0.2, 0) is 4.74 Å². The molecule has 0 spiro atoms. The lowest BCUT2D eigenvalue weighted by atomic mass is 9.94. The number of ether oxygens (including phenoxy) is 1. The lowest BCUT2D eigenvalue weighted by Gasteiger charge is -2.19. The number of halogens is 1. The molecule has 2 unspecified atom stereocenters. The van der Waals surface area contributed by atoms with E-state index in [1.54, 1.807) is 6.07 Å². The van der Waals surface area contributed by atoms with E-state index in [4.69, 9.17) is 10.5 Å². The van der Waals surface area contributed by atoms with Crippen LogP contribution in [-0.4, -0.2) is 12.7 Å². The van der Waals surface area contributed by atoms with Gasteiger partial charge in [-0.3, -0.25) is 0 Å². The molecular formula is C14H20FNO. The van der Waals surface area contributed by atoms with E-state index in [-0.39, 0.29) is 18.0 Å². The van der Waals surface area contributed by atoms with Crippen molar-refractivity contribution in [3.8, 4) is 0 Å². The van der Waals surface area contributed by atoms with Gasteiger partial charge in [-0.25, -0.2) is 4.39 Å². The second-order valence-electron chi connectivity index (χ2n) is 4.95. The molecule has 1 aliphatic rings. The van der Waals surface area contributed by atoms with Gasteiger partial charge in [0.05, 0.1) is 6.10 Å². The van der Waals surface area contributed by atoms with Crippen molar-refractivity contribution < 1.29 is 9.13 Å². The first-order valence-electron chi connectivity index (χ1n) is 6.21. The first-order valence-corrected chi connectivity index (χ1v) is 6.21. The Morgan fingerprint density at radius 3 is 2.82 bits per heavy atom. The fraction of sp³-hybridized carbons (Fsp3) is 0.571. The Kier molecular flexibility index (Phi) is 3.79. The molecule has 0 aliphatic carbocycles. The molecule has 1 aliphatic heterocycles. The van der Waals surface area contributed by atoms with Gasteiger partial charge >= 0.3 is 0 Å². The number of rotatable bonds is 3. The van der Waals surface area contributed by atoms with E-state index in [2.05, 4.69) is 0 Å². The molecule has 2 N–H and O–H groups in total. The van der Waals surface area contributed by atoms with E-state index in [1.807, 2.05) is 19.9 Å². The van der Waals surface area contributed by atoms with Crippen molar-refractivity contribution in [3.05, 3.63) is 34.6 Å². The second-order valence-corrected chi connectivity index (χ2v) is 4.95. The molecule has 2 rings (SSSR count). The Labute approximate surface area is 102 Å². The van der Waals surface area contributed by atoms with E-state index in [1.165, 1.54) is 0 Å². The van der Waals surface area contributed by atoms with Crippen molar-refractivity contribution in [3.63, 3.8) is 0 Å². The van der Waals surface area contributed by atoms with Gasteiger partial charge in [0.1, 0.15) is 5.82 Å². The molecular weight excluding hydrogens is 217 g/mol. The molecule has 3 heteroatoms. The molecule has 0 radical (unpaired) electrons. The van der Waals surface area contributed by atoms with Crippen LogP contribution in [0.5, 0.6) is 0 Å². The highest BCUT2D eigenvalue weighted by molar-refractivity contribution is 5.34. The van der Waals surface area contributed by atoms with Crippen LogP contribution in [0.2, 0.25) is 0 Å². The first kappa shape index (κ1) is 12.5. The third-order valence-corrected chi connectivity index (χ3v) is 3.39. The molecule has 1 heterocycles. The monoisotopic (exact) mass is 237 g/mol. The van der Waals surface area contributed by atoms with E-state index in [0.29, 0.717) is 12.0 Å². The molecule has 0 amide bonds. The van der Waals surface area contributed by atoms with Crippen LogP contribution in [0.3, 0.4) is 0 Å². The summed E-state index contributed by atoms with van der Waals surface area (Å²) in [7, 11) is 0. The maximum atomic E-state index is 13.9. The molecule has 0 bridgehead atoms. The molecule has 94 valence electrons. The van der Waals surface area contributed by atoms with Crippen LogP contribution >= 0.6 is 0 Å². The number of hydrogen-bond acceptors (Lipinski definition) is 2. The van der Waals surface area contributed by atoms with Crippen molar-refractivity contribution in [2.45, 2.75) is 45.3 Å². The molecule has 1 aromatic carbocycles. The highest BCUT2D eigenvalue weighted by atomic mass is 19.1. The third kappa shape index (κ3) is 2.85. The minimum absolute atomic E-state index is 0.187. The second kappa shape index (κ2) is 5.15. The summed E-state index contributed by atoms with van der Waals surface area (Å²) in [6, 6.07) is 3.27. The zero-order valence-electron chi connectivity index (χ0n) is 10.5. The van der Waals surface area contributed by atoms with Gasteiger partial charge in [0.2, 0.25) is 0 Å². The van der Waals surface area contributed by atoms with Crippen molar-refractivity contribution in [1.29, 1.82) is 0 Å². The van der Waals surface area contributed by atoms with Crippen LogP contribution in [0, 0.1) is 19.7 Å². The Bertz CT molecular complexity index is 376. The average Bonchev–Trinajstić information content (AvgIpc) is 2.68. The summed E-state index contributed by atoms with van der Waals surface area (Å²) < 4.78 is 19.5. The van der Waals surface area contributed by atoms with Gasteiger partial charge in [0.25, 0.3) is 0 Å². The third-order valence-electron chi connectivity index (χ3n) is 3.39. The average molecular weight is 237 g/mol. The predicted molar refractivity (Wildman–Crippen MR) is 66.4 cm³/mol. The van der Waals surface area contributed by atoms with Gasteiger partial charge < -0.3 is 10.5 Å². The molecule has 0 saturated carbocycles. The van der Waals surface area contributed by atoms with Gasteiger partial charge in [-0.05, 0) is 50.3 Å². The Hall–Kier alpha value is -0.930. The Morgan fingerprint density at radius 2 is 2.24 bits per heavy atom. The molecule has 1 aromatic rings. The SMILES string of the molecule is Cc1cc(C)c(C(N)CC2CCCO2)c(F)c1. The summed E-state index contributed by atoms with van der Waals surface area (Å²) in [5, 5.41) is 0. The highest BCUT2D eigenvalue weighted by Gasteiger charge is 2.22. The van der Waals surface area contributed by atoms with E-state index >= 15 is 0 Å². The van der Waals surface area contributed by atoms with Gasteiger partial charge in [-0.15, -0.1) is 0 Å². The number of hydrogen-bond donors (Lipinski definition) is 1. The topological polar surface area (TPSA) is 35.2 Å². The van der Waals surface area contributed by atoms with Gasteiger partial charge in [0.15, 0.2) is 0 Å². The van der Waals surface area contributed by atoms with Crippen LogP contribution in [0.15, 0.2) is 12.1 Å². The summed E-state index contributed by atoms with van der Waals surface area (Å²) in [4.78, 5) is 0. The fourth-order valence-corrected chi connectivity index (χ4v) is 2.63. The van der Waals surface area contributed by atoms with Crippen LogP contribution in [0.4, 0.5) is 4.39 Å². The maximum Gasteiger partial charge on any atom is 0.128 e. The Morgan fingerprint density at radius 1 is 1.47 bits per heavy atom. The van der Waals surface area contributed by atoms with Gasteiger partial charge in [-0.2, -0.15) is 0 Å². The lowest BCUT2D eigenvalue weighted by molar-refractivity contribution is 0.0980. The van der Waals surface area contributed by atoms with Gasteiger partial charge in [-0.1, -0.05) is 6.07 Å². The summed E-state index contributed by atoms with van der Waals surface area (Å²) in [5.41, 5.74) is 8.63. The minimum Gasteiger partial charge on any atom is -0.378 e. The predicted octanol–water partition coefficient (Wildman–Crippen LogP) is 3.01. The molecule has 1 fully saturated rings. The van der Waals surface area contributed by atoms with Crippen molar-refractivity contribution >= 4 is 0 Å². The largest absolute Gasteiger partial charge is 0.378 e. The minimum atomic E-state index is -0.265. The highest BCUT2D eigenvalue weighted by Crippen LogP contribution is 2.27.